The van der Waals surface area contributed by atoms with Crippen molar-refractivity contribution < 1.29 is 23.0 Å². The lowest BCUT2D eigenvalue weighted by atomic mass is 9.46. The first-order valence-electron chi connectivity index (χ1n) is 8.38. The molecule has 0 aromatic heterocycles. The Hall–Kier alpha value is -0.260. The van der Waals surface area contributed by atoms with Crippen LogP contribution in [-0.4, -0.2) is 44.1 Å². The predicted octanol–water partition coefficient (Wildman–Crippen LogP) is 3.80. The largest absolute Gasteiger partial charge is 0.378 e. The van der Waals surface area contributed by atoms with Crippen molar-refractivity contribution in [1.82, 2.24) is 0 Å². The van der Waals surface area contributed by atoms with Gasteiger partial charge in [0.05, 0.1) is 17.8 Å². The highest BCUT2D eigenvalue weighted by molar-refractivity contribution is 5.15. The quantitative estimate of drug-likeness (QED) is 0.714. The summed E-state index contributed by atoms with van der Waals surface area (Å²) in [6.07, 6.45) is 5.98. The van der Waals surface area contributed by atoms with Crippen LogP contribution in [0.4, 0.5) is 8.78 Å². The number of rotatable bonds is 7. The van der Waals surface area contributed by atoms with Crippen LogP contribution in [0.25, 0.3) is 0 Å². The maximum Gasteiger partial charge on any atom is 0.268 e. The Morgan fingerprint density at radius 1 is 1.09 bits per heavy atom. The first-order valence-corrected chi connectivity index (χ1v) is 8.38. The van der Waals surface area contributed by atoms with Gasteiger partial charge < -0.3 is 14.2 Å². The molecule has 0 aromatic rings. The van der Waals surface area contributed by atoms with Crippen LogP contribution >= 0.6 is 0 Å². The molecule has 0 amide bonds. The summed E-state index contributed by atoms with van der Waals surface area (Å²) in [6.45, 7) is 3.52. The molecule has 4 aliphatic rings. The zero-order valence-electron chi connectivity index (χ0n) is 13.9. The van der Waals surface area contributed by atoms with Crippen molar-refractivity contribution in [2.45, 2.75) is 69.5 Å². The van der Waals surface area contributed by atoms with Gasteiger partial charge >= 0.3 is 0 Å². The van der Waals surface area contributed by atoms with Gasteiger partial charge in [-0.25, -0.2) is 8.78 Å². The number of ether oxygens (including phenoxy) is 3. The standard InChI is InChI=1S/C17H28F2O3/c1-4-22-17-7-13-5-15(9-17,12-21-11-14(2,18)19)8-16(6-13,10-17)20-3/h13H,4-12H2,1-3H3. The molecular formula is C17H28F2O3. The number of hydrogen-bond acceptors (Lipinski definition) is 3. The van der Waals surface area contributed by atoms with Gasteiger partial charge in [-0.05, 0) is 50.4 Å². The van der Waals surface area contributed by atoms with E-state index >= 15 is 0 Å². The van der Waals surface area contributed by atoms with Crippen LogP contribution in [0.15, 0.2) is 0 Å². The minimum absolute atomic E-state index is 0.0597. The van der Waals surface area contributed by atoms with Gasteiger partial charge in [0.15, 0.2) is 0 Å². The normalized spacial score (nSPS) is 43.8. The molecule has 128 valence electrons. The van der Waals surface area contributed by atoms with E-state index in [2.05, 4.69) is 0 Å². The molecule has 0 heterocycles. The average Bonchev–Trinajstić information content (AvgIpc) is 2.35. The molecule has 0 saturated heterocycles. The minimum atomic E-state index is -2.77. The van der Waals surface area contributed by atoms with Crippen LogP contribution in [0.1, 0.15) is 52.4 Å². The first kappa shape index (κ1) is 16.6. The van der Waals surface area contributed by atoms with Crippen molar-refractivity contribution >= 4 is 0 Å². The Morgan fingerprint density at radius 3 is 2.41 bits per heavy atom. The van der Waals surface area contributed by atoms with Gasteiger partial charge in [-0.2, -0.15) is 0 Å². The Balaban J connectivity index is 1.77. The third-order valence-corrected chi connectivity index (χ3v) is 5.73. The minimum Gasteiger partial charge on any atom is -0.378 e. The molecule has 4 aliphatic carbocycles. The number of halogens is 2. The summed E-state index contributed by atoms with van der Waals surface area (Å²) in [5.74, 6) is -2.20. The van der Waals surface area contributed by atoms with Gasteiger partial charge in [-0.3, -0.25) is 0 Å². The Bertz CT molecular complexity index is 425. The second kappa shape index (κ2) is 5.38. The molecule has 0 N–H and O–H groups in total. The molecule has 5 heteroatoms. The average molecular weight is 318 g/mol. The van der Waals surface area contributed by atoms with Crippen LogP contribution in [0.5, 0.6) is 0 Å². The second-order valence-corrected chi connectivity index (χ2v) is 8.07. The van der Waals surface area contributed by atoms with Crippen molar-refractivity contribution in [3.63, 3.8) is 0 Å². The van der Waals surface area contributed by atoms with E-state index in [1.165, 1.54) is 0 Å². The Kier molecular flexibility index (Phi) is 4.06. The highest BCUT2D eigenvalue weighted by Gasteiger charge is 2.64. The van der Waals surface area contributed by atoms with Crippen molar-refractivity contribution in [3.05, 3.63) is 0 Å². The van der Waals surface area contributed by atoms with Crippen molar-refractivity contribution in [2.75, 3.05) is 26.9 Å². The lowest BCUT2D eigenvalue weighted by molar-refractivity contribution is -0.264. The molecule has 0 radical (unpaired) electrons. The summed E-state index contributed by atoms with van der Waals surface area (Å²) in [6, 6.07) is 0. The number of alkyl halides is 2. The molecule has 0 aliphatic heterocycles. The topological polar surface area (TPSA) is 27.7 Å². The van der Waals surface area contributed by atoms with Gasteiger partial charge in [0.2, 0.25) is 0 Å². The third-order valence-electron chi connectivity index (χ3n) is 5.73. The van der Waals surface area contributed by atoms with Gasteiger partial charge in [-0.1, -0.05) is 0 Å². The molecule has 4 rings (SSSR count). The van der Waals surface area contributed by atoms with Crippen LogP contribution in [0.3, 0.4) is 0 Å². The molecule has 4 unspecified atom stereocenters. The summed E-state index contributed by atoms with van der Waals surface area (Å²) in [5.41, 5.74) is -0.342. The van der Waals surface area contributed by atoms with Crippen molar-refractivity contribution in [3.8, 4) is 0 Å². The number of methoxy groups -OCH3 is 1. The third kappa shape index (κ3) is 3.04. The van der Waals surface area contributed by atoms with Crippen LogP contribution in [0.2, 0.25) is 0 Å². The van der Waals surface area contributed by atoms with E-state index in [1.54, 1.807) is 7.11 Å². The molecule has 4 fully saturated rings. The van der Waals surface area contributed by atoms with Gasteiger partial charge in [-0.15, -0.1) is 0 Å². The van der Waals surface area contributed by atoms with E-state index in [-0.39, 0.29) is 16.6 Å². The predicted molar refractivity (Wildman–Crippen MR) is 79.2 cm³/mol. The van der Waals surface area contributed by atoms with E-state index in [1.807, 2.05) is 6.92 Å². The fourth-order valence-electron chi connectivity index (χ4n) is 5.76. The van der Waals surface area contributed by atoms with E-state index in [4.69, 9.17) is 14.2 Å². The summed E-state index contributed by atoms with van der Waals surface area (Å²) < 4.78 is 43.6. The monoisotopic (exact) mass is 318 g/mol. The summed E-state index contributed by atoms with van der Waals surface area (Å²) >= 11 is 0. The fraction of sp³-hybridized carbons (Fsp3) is 1.00. The Morgan fingerprint density at radius 2 is 1.77 bits per heavy atom. The molecule has 4 atom stereocenters. The molecule has 22 heavy (non-hydrogen) atoms. The lowest BCUT2D eigenvalue weighted by Gasteiger charge is -2.65. The fourth-order valence-corrected chi connectivity index (χ4v) is 5.76. The lowest BCUT2D eigenvalue weighted by Crippen LogP contribution is -2.65. The molecule has 4 bridgehead atoms. The van der Waals surface area contributed by atoms with Crippen LogP contribution in [0, 0.1) is 11.3 Å². The highest BCUT2D eigenvalue weighted by Crippen LogP contribution is 2.65. The second-order valence-electron chi connectivity index (χ2n) is 8.07. The first-order chi connectivity index (χ1) is 10.2. The maximum atomic E-state index is 13.0. The maximum absolute atomic E-state index is 13.0. The molecule has 4 saturated carbocycles. The highest BCUT2D eigenvalue weighted by atomic mass is 19.3. The zero-order chi connectivity index (χ0) is 16.1. The molecule has 0 spiro atoms. The van der Waals surface area contributed by atoms with Gasteiger partial charge in [0.1, 0.15) is 6.61 Å². The van der Waals surface area contributed by atoms with Gasteiger partial charge in [0.25, 0.3) is 5.92 Å². The molecular weight excluding hydrogens is 290 g/mol. The van der Waals surface area contributed by atoms with Gasteiger partial charge in [0, 0.05) is 27.1 Å². The van der Waals surface area contributed by atoms with Crippen molar-refractivity contribution in [2.24, 2.45) is 11.3 Å². The van der Waals surface area contributed by atoms with Crippen LogP contribution < -0.4 is 0 Å². The smallest absolute Gasteiger partial charge is 0.268 e. The van der Waals surface area contributed by atoms with E-state index in [0.717, 1.165) is 45.4 Å². The zero-order valence-corrected chi connectivity index (χ0v) is 13.9. The summed E-state index contributed by atoms with van der Waals surface area (Å²) in [7, 11) is 1.78. The van der Waals surface area contributed by atoms with Crippen molar-refractivity contribution in [1.29, 1.82) is 0 Å². The van der Waals surface area contributed by atoms with E-state index in [0.29, 0.717) is 19.1 Å². The van der Waals surface area contributed by atoms with Crippen LogP contribution in [-0.2, 0) is 14.2 Å². The molecule has 3 nitrogen and oxygen atoms in total. The SMILES string of the molecule is CCOC12CC3CC(COCC(C)(F)F)(CC(OC)(C3)C1)C2. The molecule has 0 aromatic carbocycles. The summed E-state index contributed by atoms with van der Waals surface area (Å²) in [4.78, 5) is 0. The Labute approximate surface area is 131 Å². The van der Waals surface area contributed by atoms with E-state index < -0.39 is 12.5 Å². The summed E-state index contributed by atoms with van der Waals surface area (Å²) in [5, 5.41) is 0. The van der Waals surface area contributed by atoms with E-state index in [9.17, 15) is 8.78 Å². The number of hydrogen-bond donors (Lipinski definition) is 0.